The summed E-state index contributed by atoms with van der Waals surface area (Å²) in [5, 5.41) is 3.86. The van der Waals surface area contributed by atoms with Crippen LogP contribution in [-0.2, 0) is 6.42 Å². The molecule has 1 atom stereocenters. The van der Waals surface area contributed by atoms with Crippen LogP contribution in [0.1, 0.15) is 29.8 Å². The van der Waals surface area contributed by atoms with Gasteiger partial charge in [-0.2, -0.15) is 0 Å². The van der Waals surface area contributed by atoms with Crippen LogP contribution in [-0.4, -0.2) is 11.5 Å². The molecule has 0 aliphatic carbocycles. The van der Waals surface area contributed by atoms with Gasteiger partial charge in [0, 0.05) is 29.9 Å². The Morgan fingerprint density at radius 3 is 2.78 bits per heavy atom. The van der Waals surface area contributed by atoms with Gasteiger partial charge >= 0.3 is 0 Å². The van der Waals surface area contributed by atoms with Gasteiger partial charge in [0.15, 0.2) is 5.22 Å². The first kappa shape index (κ1) is 13.1. The van der Waals surface area contributed by atoms with Crippen molar-refractivity contribution in [3.05, 3.63) is 52.7 Å². The second-order valence-corrected chi connectivity index (χ2v) is 4.63. The molecular formula is C14H17ClN2O. The molecule has 0 amide bonds. The lowest BCUT2D eigenvalue weighted by atomic mass is 10.0. The molecule has 2 aromatic rings. The molecule has 2 aromatic heterocycles. The first-order chi connectivity index (χ1) is 8.70. The molecule has 1 unspecified atom stereocenters. The van der Waals surface area contributed by atoms with Gasteiger partial charge in [-0.15, -0.1) is 0 Å². The van der Waals surface area contributed by atoms with E-state index in [1.165, 1.54) is 5.56 Å². The van der Waals surface area contributed by atoms with Gasteiger partial charge in [0.05, 0.1) is 6.26 Å². The van der Waals surface area contributed by atoms with Crippen molar-refractivity contribution < 1.29 is 4.42 Å². The van der Waals surface area contributed by atoms with E-state index in [1.54, 1.807) is 6.26 Å². The summed E-state index contributed by atoms with van der Waals surface area (Å²) in [6, 6.07) is 6.16. The average Bonchev–Trinajstić information content (AvgIpc) is 2.78. The van der Waals surface area contributed by atoms with E-state index in [-0.39, 0.29) is 6.04 Å². The minimum atomic E-state index is 0.136. The summed E-state index contributed by atoms with van der Waals surface area (Å²) in [5.74, 6) is 0. The number of likely N-dealkylation sites (N-methyl/N-ethyl adjacent to an activating group) is 1. The summed E-state index contributed by atoms with van der Waals surface area (Å²) in [6.07, 6.45) is 4.30. The summed E-state index contributed by atoms with van der Waals surface area (Å²) >= 11 is 6.03. The van der Waals surface area contributed by atoms with Crippen molar-refractivity contribution in [1.29, 1.82) is 0 Å². The zero-order chi connectivity index (χ0) is 13.0. The lowest BCUT2D eigenvalue weighted by molar-refractivity contribution is 0.522. The number of rotatable bonds is 5. The van der Waals surface area contributed by atoms with Crippen molar-refractivity contribution in [2.24, 2.45) is 0 Å². The van der Waals surface area contributed by atoms with E-state index < -0.39 is 0 Å². The van der Waals surface area contributed by atoms with Gasteiger partial charge < -0.3 is 9.73 Å². The Hall–Kier alpha value is -1.32. The number of pyridine rings is 1. The normalized spacial score (nSPS) is 12.6. The quantitative estimate of drug-likeness (QED) is 0.898. The fraction of sp³-hybridized carbons (Fsp3) is 0.357. The first-order valence-corrected chi connectivity index (χ1v) is 6.46. The molecule has 0 aliphatic heterocycles. The third kappa shape index (κ3) is 3.12. The maximum atomic E-state index is 6.03. The number of hydrogen-bond donors (Lipinski definition) is 1. The Kier molecular flexibility index (Phi) is 4.39. The topological polar surface area (TPSA) is 38.1 Å². The third-order valence-corrected chi connectivity index (χ3v) is 3.17. The van der Waals surface area contributed by atoms with Gasteiger partial charge in [0.1, 0.15) is 0 Å². The summed E-state index contributed by atoms with van der Waals surface area (Å²) < 4.78 is 5.15. The highest BCUT2D eigenvalue weighted by atomic mass is 35.5. The Bertz CT molecular complexity index is 493. The van der Waals surface area contributed by atoms with Gasteiger partial charge in [0.2, 0.25) is 0 Å². The van der Waals surface area contributed by atoms with E-state index in [2.05, 4.69) is 23.3 Å². The number of hydrogen-bond acceptors (Lipinski definition) is 3. The predicted octanol–water partition coefficient (Wildman–Crippen LogP) is 3.53. The molecule has 0 spiro atoms. The molecule has 0 saturated heterocycles. The van der Waals surface area contributed by atoms with Crippen LogP contribution < -0.4 is 5.32 Å². The molecular weight excluding hydrogens is 248 g/mol. The van der Waals surface area contributed by atoms with Crippen molar-refractivity contribution >= 4 is 11.6 Å². The van der Waals surface area contributed by atoms with Crippen LogP contribution in [0.4, 0.5) is 0 Å². The van der Waals surface area contributed by atoms with E-state index in [9.17, 15) is 0 Å². The van der Waals surface area contributed by atoms with Crippen molar-refractivity contribution in [1.82, 2.24) is 10.3 Å². The highest BCUT2D eigenvalue weighted by Gasteiger charge is 2.17. The number of nitrogens with zero attached hydrogens (tertiary/aromatic N) is 1. The maximum absolute atomic E-state index is 6.03. The van der Waals surface area contributed by atoms with Gasteiger partial charge in [-0.25, -0.2) is 0 Å². The van der Waals surface area contributed by atoms with E-state index in [0.29, 0.717) is 5.22 Å². The largest absolute Gasteiger partial charge is 0.453 e. The summed E-state index contributed by atoms with van der Waals surface area (Å²) in [4.78, 5) is 4.43. The van der Waals surface area contributed by atoms with Crippen molar-refractivity contribution in [3.8, 4) is 0 Å². The van der Waals surface area contributed by atoms with Crippen LogP contribution in [0.3, 0.4) is 0 Å². The van der Waals surface area contributed by atoms with Crippen molar-refractivity contribution in [2.45, 2.75) is 26.3 Å². The SMILES string of the molecule is CCNC(Cc1ccc(C)cn1)c1ccoc1Cl. The molecule has 0 bridgehead atoms. The minimum Gasteiger partial charge on any atom is -0.453 e. The molecule has 0 aliphatic rings. The Labute approximate surface area is 112 Å². The van der Waals surface area contributed by atoms with Crippen LogP contribution in [0.2, 0.25) is 5.22 Å². The van der Waals surface area contributed by atoms with Crippen molar-refractivity contribution in [2.75, 3.05) is 6.54 Å². The highest BCUT2D eigenvalue weighted by molar-refractivity contribution is 6.29. The van der Waals surface area contributed by atoms with Crippen LogP contribution in [0.25, 0.3) is 0 Å². The predicted molar refractivity (Wildman–Crippen MR) is 72.8 cm³/mol. The summed E-state index contributed by atoms with van der Waals surface area (Å²) in [5.41, 5.74) is 3.20. The fourth-order valence-electron chi connectivity index (χ4n) is 1.92. The lowest BCUT2D eigenvalue weighted by Gasteiger charge is -2.16. The molecule has 2 heterocycles. The highest BCUT2D eigenvalue weighted by Crippen LogP contribution is 2.26. The number of halogens is 1. The molecule has 0 fully saturated rings. The number of nitrogens with one attached hydrogen (secondary N) is 1. The number of furan rings is 1. The minimum absolute atomic E-state index is 0.136. The third-order valence-electron chi connectivity index (χ3n) is 2.86. The molecule has 0 radical (unpaired) electrons. The average molecular weight is 265 g/mol. The first-order valence-electron chi connectivity index (χ1n) is 6.08. The fourth-order valence-corrected chi connectivity index (χ4v) is 2.17. The van der Waals surface area contributed by atoms with E-state index in [1.807, 2.05) is 25.3 Å². The van der Waals surface area contributed by atoms with E-state index >= 15 is 0 Å². The molecule has 0 aromatic carbocycles. The second-order valence-electron chi connectivity index (χ2n) is 4.29. The summed E-state index contributed by atoms with van der Waals surface area (Å²) in [6.45, 7) is 4.98. The van der Waals surface area contributed by atoms with Crippen LogP contribution in [0.5, 0.6) is 0 Å². The van der Waals surface area contributed by atoms with Crippen LogP contribution >= 0.6 is 11.6 Å². The number of aryl methyl sites for hydroxylation is 1. The van der Waals surface area contributed by atoms with Gasteiger partial charge in [0.25, 0.3) is 0 Å². The molecule has 1 N–H and O–H groups in total. The molecule has 96 valence electrons. The van der Waals surface area contributed by atoms with Gasteiger partial charge in [-0.05, 0) is 42.8 Å². The van der Waals surface area contributed by atoms with Gasteiger partial charge in [-0.3, -0.25) is 4.98 Å². The van der Waals surface area contributed by atoms with E-state index in [4.69, 9.17) is 16.0 Å². The Morgan fingerprint density at radius 2 is 2.22 bits per heavy atom. The molecule has 2 rings (SSSR count). The number of aromatic nitrogens is 1. The molecule has 3 nitrogen and oxygen atoms in total. The molecule has 18 heavy (non-hydrogen) atoms. The maximum Gasteiger partial charge on any atom is 0.197 e. The standard InChI is InChI=1S/C14H17ClN2O/c1-3-16-13(12-6-7-18-14(12)15)8-11-5-4-10(2)9-17-11/h4-7,9,13,16H,3,8H2,1-2H3. The zero-order valence-corrected chi connectivity index (χ0v) is 11.4. The molecule has 0 saturated carbocycles. The van der Waals surface area contributed by atoms with Gasteiger partial charge in [-0.1, -0.05) is 13.0 Å². The monoisotopic (exact) mass is 264 g/mol. The summed E-state index contributed by atoms with van der Waals surface area (Å²) in [7, 11) is 0. The van der Waals surface area contributed by atoms with Crippen LogP contribution in [0.15, 0.2) is 35.1 Å². The Balaban J connectivity index is 2.16. The Morgan fingerprint density at radius 1 is 1.39 bits per heavy atom. The second kappa shape index (κ2) is 6.03. The van der Waals surface area contributed by atoms with Crippen LogP contribution in [0, 0.1) is 6.92 Å². The lowest BCUT2D eigenvalue weighted by Crippen LogP contribution is -2.23. The zero-order valence-electron chi connectivity index (χ0n) is 10.6. The molecule has 4 heteroatoms. The smallest absolute Gasteiger partial charge is 0.197 e. The van der Waals surface area contributed by atoms with E-state index in [0.717, 1.165) is 24.2 Å². The van der Waals surface area contributed by atoms with Crippen molar-refractivity contribution in [3.63, 3.8) is 0 Å².